The molecule has 2 aromatic rings. The zero-order valence-corrected chi connectivity index (χ0v) is 15.2. The van der Waals surface area contributed by atoms with Crippen molar-refractivity contribution in [3.63, 3.8) is 0 Å². The van der Waals surface area contributed by atoms with E-state index in [0.717, 1.165) is 11.3 Å². The first-order valence-corrected chi connectivity index (χ1v) is 8.37. The van der Waals surface area contributed by atoms with Crippen LogP contribution in [0, 0.1) is 6.92 Å². The van der Waals surface area contributed by atoms with Crippen LogP contribution in [0.25, 0.3) is 0 Å². The molecule has 0 aliphatic carbocycles. The zero-order chi connectivity index (χ0) is 18.2. The highest BCUT2D eigenvalue weighted by atomic mass is 79.9. The van der Waals surface area contributed by atoms with Crippen LogP contribution < -0.4 is 10.1 Å². The monoisotopic (exact) mass is 407 g/mol. The molecule has 0 spiro atoms. The Labute approximate surface area is 153 Å². The lowest BCUT2D eigenvalue weighted by atomic mass is 10.2. The molecule has 1 amide bonds. The number of nitrogens with one attached hydrogen (secondary N) is 1. The van der Waals surface area contributed by atoms with Crippen LogP contribution in [0.3, 0.4) is 0 Å². The van der Waals surface area contributed by atoms with Gasteiger partial charge in [-0.1, -0.05) is 28.1 Å². The molecule has 0 aromatic heterocycles. The summed E-state index contributed by atoms with van der Waals surface area (Å²) in [6.07, 6.45) is 0. The van der Waals surface area contributed by atoms with E-state index in [-0.39, 0.29) is 17.9 Å². The maximum Gasteiger partial charge on any atom is 0.342 e. The standard InChI is InChI=1S/C18H18BrNO5/c1-12-3-2-4-14(9-12)24-8-7-20-17(22)11-25-18(23)15-10-13(19)5-6-16(15)21/h2-6,9-10,21H,7-8,11H2,1H3,(H,20,22). The van der Waals surface area contributed by atoms with Gasteiger partial charge >= 0.3 is 5.97 Å². The van der Waals surface area contributed by atoms with Crippen LogP contribution >= 0.6 is 15.9 Å². The fraction of sp³-hybridized carbons (Fsp3) is 0.222. The molecule has 0 aliphatic heterocycles. The topological polar surface area (TPSA) is 84.9 Å². The van der Waals surface area contributed by atoms with Gasteiger partial charge in [0.05, 0.1) is 6.54 Å². The number of hydrogen-bond donors (Lipinski definition) is 2. The largest absolute Gasteiger partial charge is 0.507 e. The Bertz CT molecular complexity index is 763. The second-order valence-corrected chi connectivity index (χ2v) is 6.17. The van der Waals surface area contributed by atoms with Gasteiger partial charge in [-0.3, -0.25) is 4.79 Å². The molecule has 0 atom stereocenters. The van der Waals surface area contributed by atoms with E-state index in [2.05, 4.69) is 21.2 Å². The lowest BCUT2D eigenvalue weighted by Crippen LogP contribution is -2.32. The van der Waals surface area contributed by atoms with Crippen molar-refractivity contribution in [1.29, 1.82) is 0 Å². The van der Waals surface area contributed by atoms with Gasteiger partial charge in [-0.25, -0.2) is 4.79 Å². The Balaban J connectivity index is 1.70. The summed E-state index contributed by atoms with van der Waals surface area (Å²) in [5.74, 6) is -0.702. The predicted molar refractivity (Wildman–Crippen MR) is 95.8 cm³/mol. The van der Waals surface area contributed by atoms with Crippen LogP contribution in [0.1, 0.15) is 15.9 Å². The highest BCUT2D eigenvalue weighted by Crippen LogP contribution is 2.22. The van der Waals surface area contributed by atoms with E-state index in [0.29, 0.717) is 11.1 Å². The van der Waals surface area contributed by atoms with Gasteiger partial charge in [0, 0.05) is 4.47 Å². The molecule has 0 heterocycles. The number of benzene rings is 2. The third-order valence-electron chi connectivity index (χ3n) is 3.20. The number of amides is 1. The normalized spacial score (nSPS) is 10.2. The zero-order valence-electron chi connectivity index (χ0n) is 13.6. The molecule has 0 saturated carbocycles. The van der Waals surface area contributed by atoms with E-state index in [9.17, 15) is 14.7 Å². The number of ether oxygens (including phenoxy) is 2. The summed E-state index contributed by atoms with van der Waals surface area (Å²) >= 11 is 3.20. The van der Waals surface area contributed by atoms with Gasteiger partial charge in [-0.15, -0.1) is 0 Å². The van der Waals surface area contributed by atoms with E-state index in [4.69, 9.17) is 9.47 Å². The lowest BCUT2D eigenvalue weighted by molar-refractivity contribution is -0.124. The number of phenolic OH excluding ortho intramolecular Hbond substituents is 1. The molecule has 0 saturated heterocycles. The third-order valence-corrected chi connectivity index (χ3v) is 3.69. The number of aromatic hydroxyl groups is 1. The van der Waals surface area contributed by atoms with Gasteiger partial charge in [0.15, 0.2) is 6.61 Å². The van der Waals surface area contributed by atoms with Crippen molar-refractivity contribution in [2.45, 2.75) is 6.92 Å². The number of aryl methyl sites for hydroxylation is 1. The van der Waals surface area contributed by atoms with E-state index >= 15 is 0 Å². The first kappa shape index (κ1) is 18.8. The molecule has 0 bridgehead atoms. The van der Waals surface area contributed by atoms with E-state index in [1.54, 1.807) is 6.07 Å². The number of carbonyl (C=O) groups is 2. The Morgan fingerprint density at radius 3 is 2.76 bits per heavy atom. The van der Waals surface area contributed by atoms with Gasteiger partial charge in [0.1, 0.15) is 23.7 Å². The third kappa shape index (κ3) is 6.11. The van der Waals surface area contributed by atoms with Crippen molar-refractivity contribution in [3.8, 4) is 11.5 Å². The summed E-state index contributed by atoms with van der Waals surface area (Å²) in [5.41, 5.74) is 1.08. The summed E-state index contributed by atoms with van der Waals surface area (Å²) in [4.78, 5) is 23.5. The first-order valence-electron chi connectivity index (χ1n) is 7.57. The van der Waals surface area contributed by atoms with Crippen molar-refractivity contribution in [2.24, 2.45) is 0 Å². The van der Waals surface area contributed by atoms with Crippen molar-refractivity contribution in [3.05, 3.63) is 58.1 Å². The minimum Gasteiger partial charge on any atom is -0.507 e. The highest BCUT2D eigenvalue weighted by molar-refractivity contribution is 9.10. The number of esters is 1. The lowest BCUT2D eigenvalue weighted by Gasteiger charge is -2.09. The van der Waals surface area contributed by atoms with Gasteiger partial charge in [0.2, 0.25) is 0 Å². The summed E-state index contributed by atoms with van der Waals surface area (Å²) in [6.45, 7) is 2.11. The van der Waals surface area contributed by atoms with Gasteiger partial charge in [-0.2, -0.15) is 0 Å². The van der Waals surface area contributed by atoms with Crippen LogP contribution in [0.5, 0.6) is 11.5 Å². The predicted octanol–water partition coefficient (Wildman–Crippen LogP) is 2.82. The molecule has 2 aromatic carbocycles. The number of phenols is 1. The fourth-order valence-electron chi connectivity index (χ4n) is 2.00. The van der Waals surface area contributed by atoms with Crippen LogP contribution in [0.15, 0.2) is 46.9 Å². The van der Waals surface area contributed by atoms with Crippen molar-refractivity contribution >= 4 is 27.8 Å². The molecule has 2 rings (SSSR count). The molecule has 0 unspecified atom stereocenters. The maximum absolute atomic E-state index is 11.9. The van der Waals surface area contributed by atoms with Crippen LogP contribution in [-0.4, -0.2) is 36.7 Å². The number of carbonyl (C=O) groups excluding carboxylic acids is 2. The second-order valence-electron chi connectivity index (χ2n) is 5.25. The molecule has 2 N–H and O–H groups in total. The number of hydrogen-bond acceptors (Lipinski definition) is 5. The highest BCUT2D eigenvalue weighted by Gasteiger charge is 2.14. The molecule has 0 fully saturated rings. The summed E-state index contributed by atoms with van der Waals surface area (Å²) in [6, 6.07) is 12.0. The van der Waals surface area contributed by atoms with E-state index in [1.807, 2.05) is 31.2 Å². The smallest absolute Gasteiger partial charge is 0.342 e. The van der Waals surface area contributed by atoms with E-state index in [1.165, 1.54) is 12.1 Å². The molecule has 0 aliphatic rings. The second kappa shape index (κ2) is 9.08. The molecule has 7 heteroatoms. The van der Waals surface area contributed by atoms with Crippen molar-refractivity contribution < 1.29 is 24.2 Å². The minimum absolute atomic E-state index is 0.00930. The van der Waals surface area contributed by atoms with Gasteiger partial charge in [-0.05, 0) is 42.8 Å². The summed E-state index contributed by atoms with van der Waals surface area (Å²) < 4.78 is 11.0. The van der Waals surface area contributed by atoms with Crippen LogP contribution in [-0.2, 0) is 9.53 Å². The van der Waals surface area contributed by atoms with Crippen LogP contribution in [0.4, 0.5) is 0 Å². The molecule has 25 heavy (non-hydrogen) atoms. The minimum atomic E-state index is -0.773. The van der Waals surface area contributed by atoms with Crippen molar-refractivity contribution in [2.75, 3.05) is 19.8 Å². The Hall–Kier alpha value is -2.54. The SMILES string of the molecule is Cc1cccc(OCCNC(=O)COC(=O)c2cc(Br)ccc2O)c1. The fourth-order valence-corrected chi connectivity index (χ4v) is 2.36. The molecule has 0 radical (unpaired) electrons. The summed E-state index contributed by atoms with van der Waals surface area (Å²) in [7, 11) is 0. The summed E-state index contributed by atoms with van der Waals surface area (Å²) in [5, 5.41) is 12.2. The van der Waals surface area contributed by atoms with Crippen molar-refractivity contribution in [1.82, 2.24) is 5.32 Å². The quantitative estimate of drug-likeness (QED) is 0.544. The van der Waals surface area contributed by atoms with Crippen LogP contribution in [0.2, 0.25) is 0 Å². The Kier molecular flexibility index (Phi) is 6.82. The average molecular weight is 408 g/mol. The molecule has 6 nitrogen and oxygen atoms in total. The van der Waals surface area contributed by atoms with E-state index < -0.39 is 18.5 Å². The number of halogens is 1. The Morgan fingerprint density at radius 1 is 1.20 bits per heavy atom. The van der Waals surface area contributed by atoms with Gasteiger partial charge in [0.25, 0.3) is 5.91 Å². The maximum atomic E-state index is 11.9. The number of rotatable bonds is 7. The average Bonchev–Trinajstić information content (AvgIpc) is 2.59. The van der Waals surface area contributed by atoms with Gasteiger partial charge < -0.3 is 19.9 Å². The molecule has 132 valence electrons. The Morgan fingerprint density at radius 2 is 2.00 bits per heavy atom. The molecular weight excluding hydrogens is 390 g/mol. The first-order chi connectivity index (χ1) is 12.0. The molecular formula is C18H18BrNO5.